The van der Waals surface area contributed by atoms with Crippen LogP contribution in [0.4, 0.5) is 4.79 Å². The second-order valence-corrected chi connectivity index (χ2v) is 6.40. The number of carbonyl (C=O) groups excluding carboxylic acids is 1. The topological polar surface area (TPSA) is 70.4 Å². The fourth-order valence-corrected chi connectivity index (χ4v) is 2.71. The summed E-state index contributed by atoms with van der Waals surface area (Å²) in [7, 11) is 1.71. The lowest BCUT2D eigenvalue weighted by molar-refractivity contribution is 0.113. The van der Waals surface area contributed by atoms with Gasteiger partial charge in [0.2, 0.25) is 0 Å². The van der Waals surface area contributed by atoms with Crippen molar-refractivity contribution in [2.24, 2.45) is 5.92 Å². The minimum Gasteiger partial charge on any atom is -0.391 e. The van der Waals surface area contributed by atoms with E-state index in [0.717, 1.165) is 25.2 Å². The maximum atomic E-state index is 12.2. The first kappa shape index (κ1) is 16.5. The van der Waals surface area contributed by atoms with Gasteiger partial charge in [-0.25, -0.2) is 9.78 Å². The number of likely N-dealkylation sites (N-methyl/N-ethyl adjacent to an activating group) is 1. The average Bonchev–Trinajstić information content (AvgIpc) is 3.35. The van der Waals surface area contributed by atoms with E-state index in [1.54, 1.807) is 13.2 Å². The molecule has 6 nitrogen and oxygen atoms in total. The number of rotatable bonds is 7. The van der Waals surface area contributed by atoms with Crippen molar-refractivity contribution in [1.82, 2.24) is 19.8 Å². The molecule has 0 aliphatic heterocycles. The van der Waals surface area contributed by atoms with E-state index in [9.17, 15) is 9.90 Å². The molecule has 0 spiro atoms. The van der Waals surface area contributed by atoms with E-state index in [2.05, 4.69) is 22.4 Å². The molecule has 24 heavy (non-hydrogen) atoms. The lowest BCUT2D eigenvalue weighted by atomic mass is 10.2. The van der Waals surface area contributed by atoms with Crippen LogP contribution < -0.4 is 5.32 Å². The van der Waals surface area contributed by atoms with Crippen LogP contribution >= 0.6 is 0 Å². The van der Waals surface area contributed by atoms with Crippen LogP contribution in [0.25, 0.3) is 0 Å². The summed E-state index contributed by atoms with van der Waals surface area (Å²) in [6.45, 7) is 1.46. The number of hydrogen-bond acceptors (Lipinski definition) is 3. The van der Waals surface area contributed by atoms with Gasteiger partial charge < -0.3 is 19.9 Å². The Morgan fingerprint density at radius 2 is 2.17 bits per heavy atom. The zero-order valence-corrected chi connectivity index (χ0v) is 13.9. The molecule has 1 aliphatic rings. The summed E-state index contributed by atoms with van der Waals surface area (Å²) in [5.41, 5.74) is 1.19. The Balaban J connectivity index is 1.51. The van der Waals surface area contributed by atoms with Crippen LogP contribution in [0, 0.1) is 5.92 Å². The number of hydrogen-bond donors (Lipinski definition) is 2. The molecule has 1 fully saturated rings. The zero-order valence-electron chi connectivity index (χ0n) is 13.9. The van der Waals surface area contributed by atoms with E-state index in [4.69, 9.17) is 0 Å². The van der Waals surface area contributed by atoms with Gasteiger partial charge in [-0.1, -0.05) is 30.3 Å². The second kappa shape index (κ2) is 7.49. The van der Waals surface area contributed by atoms with Gasteiger partial charge in [-0.15, -0.1) is 0 Å². The standard InChI is InChI=1S/C18H24N4O2/c1-21(13-16(23)15-7-8-15)18(24)20-11-17-19-9-10-22(17)12-14-5-3-2-4-6-14/h2-6,9-10,15-16,23H,7-8,11-13H2,1H3,(H,20,24). The summed E-state index contributed by atoms with van der Waals surface area (Å²) in [5, 5.41) is 12.8. The number of aliphatic hydroxyl groups is 1. The summed E-state index contributed by atoms with van der Waals surface area (Å²) in [4.78, 5) is 18.0. The van der Waals surface area contributed by atoms with Crippen LogP contribution in [0.3, 0.4) is 0 Å². The molecule has 1 heterocycles. The predicted octanol–water partition coefficient (Wildman–Crippen LogP) is 1.84. The minimum atomic E-state index is -0.416. The number of benzene rings is 1. The van der Waals surface area contributed by atoms with Crippen molar-refractivity contribution in [1.29, 1.82) is 0 Å². The van der Waals surface area contributed by atoms with E-state index < -0.39 is 6.10 Å². The highest BCUT2D eigenvalue weighted by atomic mass is 16.3. The maximum Gasteiger partial charge on any atom is 0.317 e. The zero-order chi connectivity index (χ0) is 16.9. The van der Waals surface area contributed by atoms with Crippen molar-refractivity contribution >= 4 is 6.03 Å². The first-order chi connectivity index (χ1) is 11.6. The molecule has 2 aromatic rings. The molecule has 0 saturated heterocycles. The van der Waals surface area contributed by atoms with Crippen molar-refractivity contribution in [2.75, 3.05) is 13.6 Å². The van der Waals surface area contributed by atoms with E-state index in [1.165, 1.54) is 10.5 Å². The Labute approximate surface area is 142 Å². The fraction of sp³-hybridized carbons (Fsp3) is 0.444. The molecule has 1 atom stereocenters. The summed E-state index contributed by atoms with van der Waals surface area (Å²) in [6, 6.07) is 9.95. The number of aliphatic hydroxyl groups excluding tert-OH is 1. The molecular weight excluding hydrogens is 304 g/mol. The van der Waals surface area contributed by atoms with E-state index >= 15 is 0 Å². The van der Waals surface area contributed by atoms with Crippen molar-refractivity contribution in [3.05, 3.63) is 54.1 Å². The number of amides is 2. The highest BCUT2D eigenvalue weighted by molar-refractivity contribution is 5.73. The van der Waals surface area contributed by atoms with Crippen LogP contribution in [-0.2, 0) is 13.1 Å². The predicted molar refractivity (Wildman–Crippen MR) is 91.4 cm³/mol. The first-order valence-corrected chi connectivity index (χ1v) is 8.34. The smallest absolute Gasteiger partial charge is 0.317 e. The summed E-state index contributed by atoms with van der Waals surface area (Å²) in [6.07, 6.45) is 5.36. The molecule has 3 rings (SSSR count). The van der Waals surface area contributed by atoms with Crippen LogP contribution in [0.1, 0.15) is 24.2 Å². The van der Waals surface area contributed by atoms with Crippen molar-refractivity contribution in [3.8, 4) is 0 Å². The Bertz CT molecular complexity index is 667. The van der Waals surface area contributed by atoms with Gasteiger partial charge in [-0.05, 0) is 24.3 Å². The largest absolute Gasteiger partial charge is 0.391 e. The highest BCUT2D eigenvalue weighted by Gasteiger charge is 2.31. The normalized spacial score (nSPS) is 15.1. The van der Waals surface area contributed by atoms with Gasteiger partial charge in [-0.2, -0.15) is 0 Å². The van der Waals surface area contributed by atoms with Gasteiger partial charge in [-0.3, -0.25) is 0 Å². The lowest BCUT2D eigenvalue weighted by Crippen LogP contribution is -2.41. The Hall–Kier alpha value is -2.34. The van der Waals surface area contributed by atoms with Gasteiger partial charge >= 0.3 is 6.03 Å². The number of carbonyl (C=O) groups is 1. The minimum absolute atomic E-state index is 0.191. The Morgan fingerprint density at radius 1 is 1.42 bits per heavy atom. The third kappa shape index (κ3) is 4.35. The van der Waals surface area contributed by atoms with Gasteiger partial charge in [0.05, 0.1) is 12.6 Å². The molecule has 2 N–H and O–H groups in total. The molecule has 6 heteroatoms. The lowest BCUT2D eigenvalue weighted by Gasteiger charge is -2.21. The molecule has 1 saturated carbocycles. The van der Waals surface area contributed by atoms with Crippen LogP contribution in [0.5, 0.6) is 0 Å². The highest BCUT2D eigenvalue weighted by Crippen LogP contribution is 2.32. The monoisotopic (exact) mass is 328 g/mol. The van der Waals surface area contributed by atoms with Gasteiger partial charge in [0.15, 0.2) is 0 Å². The van der Waals surface area contributed by atoms with Crippen LogP contribution in [0.15, 0.2) is 42.7 Å². The van der Waals surface area contributed by atoms with Crippen LogP contribution in [-0.4, -0.2) is 45.3 Å². The third-order valence-electron chi connectivity index (χ3n) is 4.37. The molecule has 1 aromatic carbocycles. The van der Waals surface area contributed by atoms with Gasteiger partial charge in [0, 0.05) is 32.5 Å². The van der Waals surface area contributed by atoms with E-state index in [-0.39, 0.29) is 6.03 Å². The van der Waals surface area contributed by atoms with E-state index in [0.29, 0.717) is 19.0 Å². The molecule has 128 valence electrons. The maximum absolute atomic E-state index is 12.2. The Kier molecular flexibility index (Phi) is 5.15. The van der Waals surface area contributed by atoms with Gasteiger partial charge in [0.1, 0.15) is 5.82 Å². The summed E-state index contributed by atoms with van der Waals surface area (Å²) in [5.74, 6) is 1.17. The molecule has 1 aromatic heterocycles. The molecule has 1 unspecified atom stereocenters. The number of urea groups is 1. The summed E-state index contributed by atoms with van der Waals surface area (Å²) >= 11 is 0. The first-order valence-electron chi connectivity index (χ1n) is 8.34. The van der Waals surface area contributed by atoms with E-state index in [1.807, 2.05) is 29.0 Å². The average molecular weight is 328 g/mol. The van der Waals surface area contributed by atoms with Gasteiger partial charge in [0.25, 0.3) is 0 Å². The van der Waals surface area contributed by atoms with Crippen molar-refractivity contribution < 1.29 is 9.90 Å². The Morgan fingerprint density at radius 3 is 2.88 bits per heavy atom. The molecule has 2 amide bonds. The fourth-order valence-electron chi connectivity index (χ4n) is 2.71. The molecule has 0 radical (unpaired) electrons. The number of aromatic nitrogens is 2. The molecular formula is C18H24N4O2. The van der Waals surface area contributed by atoms with Crippen LogP contribution in [0.2, 0.25) is 0 Å². The number of imidazole rings is 1. The quantitative estimate of drug-likeness (QED) is 0.815. The van der Waals surface area contributed by atoms with Crippen molar-refractivity contribution in [2.45, 2.75) is 32.0 Å². The molecule has 0 bridgehead atoms. The number of nitrogens with zero attached hydrogens (tertiary/aromatic N) is 3. The molecule has 1 aliphatic carbocycles. The third-order valence-corrected chi connectivity index (χ3v) is 4.37. The summed E-state index contributed by atoms with van der Waals surface area (Å²) < 4.78 is 2.02. The number of nitrogens with one attached hydrogen (secondary N) is 1. The second-order valence-electron chi connectivity index (χ2n) is 6.40. The SMILES string of the molecule is CN(CC(O)C1CC1)C(=O)NCc1nccn1Cc1ccccc1. The van der Waals surface area contributed by atoms with Crippen molar-refractivity contribution in [3.63, 3.8) is 0 Å².